The quantitative estimate of drug-likeness (QED) is 0.824. The maximum atomic E-state index is 13.0. The number of carbonyl (C=O) groups is 2. The molecule has 0 unspecified atom stereocenters. The number of amides is 2. The SMILES string of the molecule is Cc1noc(C2CCN(C(=O)[C@@H]3CCCN3C(=O)c3cccs3)CC2)n1. The van der Waals surface area contributed by atoms with Gasteiger partial charge in [0.25, 0.3) is 5.91 Å². The van der Waals surface area contributed by atoms with Crippen LogP contribution in [0.1, 0.15) is 53.0 Å². The third-order valence-electron chi connectivity index (χ3n) is 5.23. The Kier molecular flexibility index (Phi) is 4.76. The smallest absolute Gasteiger partial charge is 0.264 e. The van der Waals surface area contributed by atoms with Gasteiger partial charge in [-0.25, -0.2) is 0 Å². The number of hydrogen-bond acceptors (Lipinski definition) is 6. The molecule has 26 heavy (non-hydrogen) atoms. The van der Waals surface area contributed by atoms with Crippen molar-refractivity contribution >= 4 is 23.2 Å². The number of nitrogens with zero attached hydrogens (tertiary/aromatic N) is 4. The zero-order valence-corrected chi connectivity index (χ0v) is 15.6. The van der Waals surface area contributed by atoms with E-state index in [-0.39, 0.29) is 23.8 Å². The molecule has 0 aliphatic carbocycles. The molecule has 0 spiro atoms. The maximum absolute atomic E-state index is 13.0. The van der Waals surface area contributed by atoms with Gasteiger partial charge in [-0.15, -0.1) is 11.3 Å². The fraction of sp³-hybridized carbons (Fsp3) is 0.556. The Hall–Kier alpha value is -2.22. The predicted molar refractivity (Wildman–Crippen MR) is 96.0 cm³/mol. The average Bonchev–Trinajstić information content (AvgIpc) is 3.41. The van der Waals surface area contributed by atoms with Crippen LogP contribution >= 0.6 is 11.3 Å². The average molecular weight is 374 g/mol. The van der Waals surface area contributed by atoms with Crippen molar-refractivity contribution in [2.45, 2.75) is 44.6 Å². The second-order valence-electron chi connectivity index (χ2n) is 6.91. The van der Waals surface area contributed by atoms with E-state index in [2.05, 4.69) is 10.1 Å². The van der Waals surface area contributed by atoms with E-state index in [0.29, 0.717) is 36.2 Å². The number of aryl methyl sites for hydroxylation is 1. The first-order valence-corrected chi connectivity index (χ1v) is 9.95. The van der Waals surface area contributed by atoms with Gasteiger partial charge in [0.2, 0.25) is 11.8 Å². The molecular formula is C18H22N4O3S. The molecule has 2 aliphatic heterocycles. The van der Waals surface area contributed by atoms with E-state index in [1.807, 2.05) is 29.3 Å². The van der Waals surface area contributed by atoms with Gasteiger partial charge in [0.15, 0.2) is 5.82 Å². The van der Waals surface area contributed by atoms with Crippen LogP contribution in [0.3, 0.4) is 0 Å². The van der Waals surface area contributed by atoms with Crippen LogP contribution in [0.4, 0.5) is 0 Å². The number of hydrogen-bond donors (Lipinski definition) is 0. The van der Waals surface area contributed by atoms with Crippen molar-refractivity contribution in [1.29, 1.82) is 0 Å². The zero-order valence-electron chi connectivity index (χ0n) is 14.8. The van der Waals surface area contributed by atoms with Gasteiger partial charge in [-0.05, 0) is 44.1 Å². The maximum Gasteiger partial charge on any atom is 0.264 e. The van der Waals surface area contributed by atoms with Crippen LogP contribution in [-0.2, 0) is 4.79 Å². The molecule has 138 valence electrons. The standard InChI is InChI=1S/C18H22N4O3S/c1-12-19-16(25-20-12)13-6-9-21(10-7-13)17(23)14-4-2-8-22(14)18(24)15-5-3-11-26-15/h3,5,11,13-14H,2,4,6-10H2,1H3/t14-/m0/s1. The summed E-state index contributed by atoms with van der Waals surface area (Å²) in [5.41, 5.74) is 0. The molecule has 2 fully saturated rings. The minimum atomic E-state index is -0.327. The van der Waals surface area contributed by atoms with E-state index in [4.69, 9.17) is 4.52 Å². The summed E-state index contributed by atoms with van der Waals surface area (Å²) in [6.07, 6.45) is 3.27. The molecule has 7 nitrogen and oxygen atoms in total. The van der Waals surface area contributed by atoms with E-state index < -0.39 is 0 Å². The van der Waals surface area contributed by atoms with Gasteiger partial charge < -0.3 is 14.3 Å². The molecule has 1 atom stereocenters. The van der Waals surface area contributed by atoms with Gasteiger partial charge in [-0.3, -0.25) is 9.59 Å². The number of carbonyl (C=O) groups excluding carboxylic acids is 2. The van der Waals surface area contributed by atoms with Crippen LogP contribution in [0.5, 0.6) is 0 Å². The van der Waals surface area contributed by atoms with Crippen molar-refractivity contribution < 1.29 is 14.1 Å². The van der Waals surface area contributed by atoms with E-state index in [0.717, 1.165) is 25.7 Å². The highest BCUT2D eigenvalue weighted by atomic mass is 32.1. The van der Waals surface area contributed by atoms with Crippen LogP contribution in [0.25, 0.3) is 0 Å². The first-order chi connectivity index (χ1) is 12.6. The summed E-state index contributed by atoms with van der Waals surface area (Å²) in [6, 6.07) is 3.37. The number of aromatic nitrogens is 2. The molecule has 0 bridgehead atoms. The molecule has 8 heteroatoms. The van der Waals surface area contributed by atoms with E-state index in [1.165, 1.54) is 11.3 Å². The van der Waals surface area contributed by atoms with E-state index in [9.17, 15) is 9.59 Å². The van der Waals surface area contributed by atoms with Gasteiger partial charge in [0.1, 0.15) is 6.04 Å². The Balaban J connectivity index is 1.39. The largest absolute Gasteiger partial charge is 0.341 e. The second kappa shape index (κ2) is 7.19. The highest BCUT2D eigenvalue weighted by molar-refractivity contribution is 7.12. The van der Waals surface area contributed by atoms with Crippen LogP contribution in [0, 0.1) is 6.92 Å². The third-order valence-corrected chi connectivity index (χ3v) is 6.09. The summed E-state index contributed by atoms with van der Waals surface area (Å²) >= 11 is 1.43. The monoisotopic (exact) mass is 374 g/mol. The summed E-state index contributed by atoms with van der Waals surface area (Å²) in [5, 5.41) is 5.75. The van der Waals surface area contributed by atoms with Crippen LogP contribution < -0.4 is 0 Å². The summed E-state index contributed by atoms with van der Waals surface area (Å²) in [4.78, 5) is 34.4. The fourth-order valence-corrected chi connectivity index (χ4v) is 4.52. The minimum Gasteiger partial charge on any atom is -0.341 e. The lowest BCUT2D eigenvalue weighted by molar-refractivity contribution is -0.136. The number of piperidine rings is 1. The Labute approximate surface area is 156 Å². The van der Waals surface area contributed by atoms with Crippen molar-refractivity contribution in [3.63, 3.8) is 0 Å². The molecule has 0 saturated carbocycles. The highest BCUT2D eigenvalue weighted by Gasteiger charge is 2.38. The molecule has 2 aromatic rings. The predicted octanol–water partition coefficient (Wildman–Crippen LogP) is 2.45. The minimum absolute atomic E-state index is 0.0212. The summed E-state index contributed by atoms with van der Waals surface area (Å²) in [7, 11) is 0. The number of thiophene rings is 1. The van der Waals surface area contributed by atoms with Crippen LogP contribution in [0.15, 0.2) is 22.0 Å². The molecule has 0 radical (unpaired) electrons. The summed E-state index contributed by atoms with van der Waals surface area (Å²) < 4.78 is 5.27. The summed E-state index contributed by atoms with van der Waals surface area (Å²) in [6.45, 7) is 3.81. The van der Waals surface area contributed by atoms with Crippen molar-refractivity contribution in [3.05, 3.63) is 34.1 Å². The molecule has 2 aliphatic rings. The van der Waals surface area contributed by atoms with Gasteiger partial charge in [-0.2, -0.15) is 4.98 Å². The van der Waals surface area contributed by atoms with Crippen molar-refractivity contribution in [2.75, 3.05) is 19.6 Å². The van der Waals surface area contributed by atoms with E-state index >= 15 is 0 Å². The molecule has 2 aromatic heterocycles. The van der Waals surface area contributed by atoms with Gasteiger partial charge in [0, 0.05) is 25.6 Å². The Bertz CT molecular complexity index is 780. The van der Waals surface area contributed by atoms with Gasteiger partial charge >= 0.3 is 0 Å². The van der Waals surface area contributed by atoms with Crippen molar-refractivity contribution in [2.24, 2.45) is 0 Å². The lowest BCUT2D eigenvalue weighted by atomic mass is 9.96. The molecule has 0 aromatic carbocycles. The molecular weight excluding hydrogens is 352 g/mol. The second-order valence-corrected chi connectivity index (χ2v) is 7.86. The van der Waals surface area contributed by atoms with E-state index in [1.54, 1.807) is 4.90 Å². The first-order valence-electron chi connectivity index (χ1n) is 9.07. The van der Waals surface area contributed by atoms with Gasteiger partial charge in [0.05, 0.1) is 4.88 Å². The lowest BCUT2D eigenvalue weighted by Crippen LogP contribution is -2.49. The third kappa shape index (κ3) is 3.25. The normalized spacial score (nSPS) is 21.3. The molecule has 2 amide bonds. The Morgan fingerprint density at radius 3 is 2.69 bits per heavy atom. The van der Waals surface area contributed by atoms with Crippen molar-refractivity contribution in [3.8, 4) is 0 Å². The van der Waals surface area contributed by atoms with Gasteiger partial charge in [-0.1, -0.05) is 11.2 Å². The molecule has 2 saturated heterocycles. The highest BCUT2D eigenvalue weighted by Crippen LogP contribution is 2.29. The lowest BCUT2D eigenvalue weighted by Gasteiger charge is -2.34. The zero-order chi connectivity index (χ0) is 18.1. The summed E-state index contributed by atoms with van der Waals surface area (Å²) in [5.74, 6) is 1.59. The first kappa shape index (κ1) is 17.2. The van der Waals surface area contributed by atoms with Crippen molar-refractivity contribution in [1.82, 2.24) is 19.9 Å². The topological polar surface area (TPSA) is 79.5 Å². The number of rotatable bonds is 3. The molecule has 4 heterocycles. The van der Waals surface area contributed by atoms with Crippen LogP contribution in [-0.4, -0.2) is 57.4 Å². The Morgan fingerprint density at radius 1 is 1.23 bits per heavy atom. The fourth-order valence-electron chi connectivity index (χ4n) is 3.84. The van der Waals surface area contributed by atoms with Crippen LogP contribution in [0.2, 0.25) is 0 Å². The molecule has 0 N–H and O–H groups in total. The Morgan fingerprint density at radius 2 is 2.04 bits per heavy atom. The molecule has 4 rings (SSSR count). The number of likely N-dealkylation sites (tertiary alicyclic amines) is 2.